The molecule has 2 aromatic rings. The highest BCUT2D eigenvalue weighted by molar-refractivity contribution is 5.92. The fourth-order valence-electron chi connectivity index (χ4n) is 3.07. The smallest absolute Gasteiger partial charge is 0.274 e. The number of benzene rings is 1. The van der Waals surface area contributed by atoms with Gasteiger partial charge in [0.25, 0.3) is 5.91 Å². The molecule has 0 bridgehead atoms. The molecule has 0 spiro atoms. The van der Waals surface area contributed by atoms with E-state index in [0.717, 1.165) is 25.3 Å². The number of carbonyl (C=O) groups excluding carboxylic acids is 1. The first-order valence-corrected chi connectivity index (χ1v) is 7.70. The molecule has 0 aliphatic carbocycles. The van der Waals surface area contributed by atoms with Crippen LogP contribution in [-0.4, -0.2) is 46.7 Å². The molecular formula is C17H22N4O. The van der Waals surface area contributed by atoms with E-state index in [0.29, 0.717) is 5.69 Å². The molecule has 1 atom stereocenters. The van der Waals surface area contributed by atoms with Crippen LogP contribution in [0.1, 0.15) is 28.7 Å². The van der Waals surface area contributed by atoms with E-state index in [-0.39, 0.29) is 11.9 Å². The molecule has 22 heavy (non-hydrogen) atoms. The Morgan fingerprint density at radius 3 is 2.68 bits per heavy atom. The Balaban J connectivity index is 1.73. The maximum Gasteiger partial charge on any atom is 0.274 e. The van der Waals surface area contributed by atoms with Gasteiger partial charge in [0, 0.05) is 37.1 Å². The number of aryl methyl sites for hydroxylation is 2. The van der Waals surface area contributed by atoms with Crippen LogP contribution in [0, 0.1) is 13.8 Å². The summed E-state index contributed by atoms with van der Waals surface area (Å²) in [7, 11) is 0. The minimum Gasteiger partial charge on any atom is -0.367 e. The summed E-state index contributed by atoms with van der Waals surface area (Å²) < 4.78 is 0. The lowest BCUT2D eigenvalue weighted by Gasteiger charge is -2.41. The first-order valence-electron chi connectivity index (χ1n) is 7.70. The van der Waals surface area contributed by atoms with E-state index in [1.54, 1.807) is 0 Å². The molecule has 1 aromatic carbocycles. The largest absolute Gasteiger partial charge is 0.367 e. The quantitative estimate of drug-likeness (QED) is 0.926. The average molecular weight is 298 g/mol. The van der Waals surface area contributed by atoms with Gasteiger partial charge in [0.2, 0.25) is 0 Å². The monoisotopic (exact) mass is 298 g/mol. The lowest BCUT2D eigenvalue weighted by atomic mass is 10.1. The maximum atomic E-state index is 12.6. The highest BCUT2D eigenvalue weighted by Gasteiger charge is 2.29. The van der Waals surface area contributed by atoms with Gasteiger partial charge < -0.3 is 9.80 Å². The molecule has 0 radical (unpaired) electrons. The number of hydrogen-bond donors (Lipinski definition) is 1. The molecule has 5 heteroatoms. The third-order valence-electron chi connectivity index (χ3n) is 4.27. The summed E-state index contributed by atoms with van der Waals surface area (Å²) in [5.74, 6) is 0.0151. The van der Waals surface area contributed by atoms with Gasteiger partial charge >= 0.3 is 0 Å². The molecular weight excluding hydrogens is 276 g/mol. The summed E-state index contributed by atoms with van der Waals surface area (Å²) in [6.07, 6.45) is 0. The van der Waals surface area contributed by atoms with Crippen LogP contribution in [0.3, 0.4) is 0 Å². The molecule has 1 aliphatic rings. The van der Waals surface area contributed by atoms with Crippen LogP contribution >= 0.6 is 0 Å². The lowest BCUT2D eigenvalue weighted by molar-refractivity contribution is 0.0668. The third kappa shape index (κ3) is 2.71. The second-order valence-electron chi connectivity index (χ2n) is 6.02. The zero-order valence-electron chi connectivity index (χ0n) is 13.3. The van der Waals surface area contributed by atoms with Crippen LogP contribution in [0.2, 0.25) is 0 Å². The van der Waals surface area contributed by atoms with Gasteiger partial charge in [-0.2, -0.15) is 5.10 Å². The fourth-order valence-corrected chi connectivity index (χ4v) is 3.07. The van der Waals surface area contributed by atoms with E-state index in [2.05, 4.69) is 53.2 Å². The summed E-state index contributed by atoms with van der Waals surface area (Å²) >= 11 is 0. The van der Waals surface area contributed by atoms with Gasteiger partial charge in [-0.05, 0) is 38.5 Å². The molecule has 1 fully saturated rings. The molecule has 1 amide bonds. The topological polar surface area (TPSA) is 52.2 Å². The van der Waals surface area contributed by atoms with Gasteiger partial charge in [0.1, 0.15) is 5.69 Å². The first-order chi connectivity index (χ1) is 10.6. The van der Waals surface area contributed by atoms with Gasteiger partial charge in [0.15, 0.2) is 0 Å². The fraction of sp³-hybridized carbons (Fsp3) is 0.412. The van der Waals surface area contributed by atoms with Crippen LogP contribution < -0.4 is 4.90 Å². The maximum absolute atomic E-state index is 12.6. The number of amides is 1. The molecule has 1 aliphatic heterocycles. The Bertz CT molecular complexity index is 679. The molecule has 0 unspecified atom stereocenters. The standard InChI is InChI=1S/C17H22N4O/c1-12-6-4-5-7-16(12)20-8-9-21(14(3)11-20)17(22)15-10-13(2)18-19-15/h4-7,10,14H,8-9,11H2,1-3H3,(H,18,19)/t14-/m1/s1. The highest BCUT2D eigenvalue weighted by Crippen LogP contribution is 2.23. The minimum absolute atomic E-state index is 0.0151. The zero-order valence-corrected chi connectivity index (χ0v) is 13.3. The van der Waals surface area contributed by atoms with E-state index in [9.17, 15) is 4.79 Å². The molecule has 116 valence electrons. The van der Waals surface area contributed by atoms with Gasteiger partial charge in [0.05, 0.1) is 0 Å². The van der Waals surface area contributed by atoms with Crippen molar-refractivity contribution >= 4 is 11.6 Å². The van der Waals surface area contributed by atoms with Crippen LogP contribution in [0.25, 0.3) is 0 Å². The van der Waals surface area contributed by atoms with Crippen molar-refractivity contribution in [1.82, 2.24) is 15.1 Å². The number of carbonyl (C=O) groups is 1. The molecule has 3 rings (SSSR count). The Morgan fingerprint density at radius 1 is 1.27 bits per heavy atom. The molecule has 2 heterocycles. The number of anilines is 1. The average Bonchev–Trinajstić information content (AvgIpc) is 2.93. The van der Waals surface area contributed by atoms with Crippen molar-refractivity contribution in [3.8, 4) is 0 Å². The van der Waals surface area contributed by atoms with Crippen LogP contribution in [0.4, 0.5) is 5.69 Å². The van der Waals surface area contributed by atoms with E-state index in [1.807, 2.05) is 17.9 Å². The van der Waals surface area contributed by atoms with E-state index < -0.39 is 0 Å². The number of aromatic amines is 1. The number of rotatable bonds is 2. The molecule has 1 aromatic heterocycles. The van der Waals surface area contributed by atoms with Crippen molar-refractivity contribution in [3.05, 3.63) is 47.3 Å². The summed E-state index contributed by atoms with van der Waals surface area (Å²) in [6.45, 7) is 8.56. The van der Waals surface area contributed by atoms with Crippen molar-refractivity contribution in [2.24, 2.45) is 0 Å². The van der Waals surface area contributed by atoms with Crippen molar-refractivity contribution in [2.75, 3.05) is 24.5 Å². The van der Waals surface area contributed by atoms with Crippen LogP contribution in [-0.2, 0) is 0 Å². The molecule has 1 saturated heterocycles. The zero-order chi connectivity index (χ0) is 15.7. The highest BCUT2D eigenvalue weighted by atomic mass is 16.2. The van der Waals surface area contributed by atoms with Gasteiger partial charge in [-0.3, -0.25) is 9.89 Å². The number of nitrogens with zero attached hydrogens (tertiary/aromatic N) is 3. The number of aromatic nitrogens is 2. The second kappa shape index (κ2) is 5.83. The van der Waals surface area contributed by atoms with Gasteiger partial charge in [-0.1, -0.05) is 18.2 Å². The first kappa shape index (κ1) is 14.6. The van der Waals surface area contributed by atoms with Crippen molar-refractivity contribution < 1.29 is 4.79 Å². The summed E-state index contributed by atoms with van der Waals surface area (Å²) in [5.41, 5.74) is 3.96. The van der Waals surface area contributed by atoms with Gasteiger partial charge in [-0.25, -0.2) is 0 Å². The van der Waals surface area contributed by atoms with Crippen molar-refractivity contribution in [2.45, 2.75) is 26.8 Å². The Kier molecular flexibility index (Phi) is 3.88. The normalized spacial score (nSPS) is 18.6. The minimum atomic E-state index is 0.0151. The number of H-pyrrole nitrogens is 1. The summed E-state index contributed by atoms with van der Waals surface area (Å²) in [4.78, 5) is 16.8. The van der Waals surface area contributed by atoms with Gasteiger partial charge in [-0.15, -0.1) is 0 Å². The van der Waals surface area contributed by atoms with E-state index in [1.165, 1.54) is 11.3 Å². The Labute approximate surface area is 130 Å². The van der Waals surface area contributed by atoms with Crippen molar-refractivity contribution in [3.63, 3.8) is 0 Å². The van der Waals surface area contributed by atoms with E-state index in [4.69, 9.17) is 0 Å². The number of para-hydroxylation sites is 1. The summed E-state index contributed by atoms with van der Waals surface area (Å²) in [5, 5.41) is 6.92. The van der Waals surface area contributed by atoms with Crippen LogP contribution in [0.5, 0.6) is 0 Å². The number of nitrogens with one attached hydrogen (secondary N) is 1. The van der Waals surface area contributed by atoms with Crippen LogP contribution in [0.15, 0.2) is 30.3 Å². The lowest BCUT2D eigenvalue weighted by Crippen LogP contribution is -2.54. The SMILES string of the molecule is Cc1cc(C(=O)N2CCN(c3ccccc3C)C[C@H]2C)n[nH]1. The predicted octanol–water partition coefficient (Wildman–Crippen LogP) is 2.38. The number of hydrogen-bond acceptors (Lipinski definition) is 3. The van der Waals surface area contributed by atoms with Crippen molar-refractivity contribution in [1.29, 1.82) is 0 Å². The van der Waals surface area contributed by atoms with E-state index >= 15 is 0 Å². The molecule has 1 N–H and O–H groups in total. The predicted molar refractivity (Wildman–Crippen MR) is 87.2 cm³/mol. The third-order valence-corrected chi connectivity index (χ3v) is 4.27. The molecule has 5 nitrogen and oxygen atoms in total. The summed E-state index contributed by atoms with van der Waals surface area (Å²) in [6, 6.07) is 10.4. The molecule has 0 saturated carbocycles. The Hall–Kier alpha value is -2.30. The number of piperazine rings is 1. The Morgan fingerprint density at radius 2 is 2.05 bits per heavy atom. The second-order valence-corrected chi connectivity index (χ2v) is 6.02.